The summed E-state index contributed by atoms with van der Waals surface area (Å²) in [4.78, 5) is 2.48. The number of halogens is 1. The number of fused-ring (bicyclic) bond motifs is 1. The van der Waals surface area contributed by atoms with E-state index < -0.39 is 0 Å². The zero-order chi connectivity index (χ0) is 14.5. The smallest absolute Gasteiger partial charge is 0.123 e. The van der Waals surface area contributed by atoms with Gasteiger partial charge in [0.2, 0.25) is 0 Å². The van der Waals surface area contributed by atoms with Crippen molar-refractivity contribution in [1.29, 1.82) is 0 Å². The standard InChI is InChI=1S/C16H23BrN2O2/c17-14-2-3-16-13(10-14)11-15(21-16)12-18-4-1-5-19-6-8-20-9-7-19/h2-3,10,15,18H,1,4-9,11-12H2. The molecule has 0 aliphatic carbocycles. The lowest BCUT2D eigenvalue weighted by atomic mass is 10.1. The molecule has 1 unspecified atom stereocenters. The average molecular weight is 355 g/mol. The van der Waals surface area contributed by atoms with Gasteiger partial charge in [0, 0.05) is 30.5 Å². The molecule has 0 spiro atoms. The number of ether oxygens (including phenoxy) is 2. The average Bonchev–Trinajstić information content (AvgIpc) is 2.90. The molecule has 2 heterocycles. The van der Waals surface area contributed by atoms with Crippen LogP contribution in [-0.2, 0) is 11.2 Å². The van der Waals surface area contributed by atoms with E-state index in [1.54, 1.807) is 0 Å². The van der Waals surface area contributed by atoms with Crippen molar-refractivity contribution in [2.75, 3.05) is 45.9 Å². The Labute approximate surface area is 134 Å². The minimum absolute atomic E-state index is 0.276. The molecule has 1 saturated heterocycles. The summed E-state index contributed by atoms with van der Waals surface area (Å²) in [7, 11) is 0. The second kappa shape index (κ2) is 7.58. The topological polar surface area (TPSA) is 33.7 Å². The number of hydrogen-bond donors (Lipinski definition) is 1. The normalized spacial score (nSPS) is 22.0. The monoisotopic (exact) mass is 354 g/mol. The van der Waals surface area contributed by atoms with Crippen LogP contribution in [0.4, 0.5) is 0 Å². The van der Waals surface area contributed by atoms with Gasteiger partial charge in [0.05, 0.1) is 13.2 Å². The third kappa shape index (κ3) is 4.42. The molecule has 1 aromatic rings. The quantitative estimate of drug-likeness (QED) is 0.793. The van der Waals surface area contributed by atoms with Crippen LogP contribution in [0, 0.1) is 0 Å². The summed E-state index contributed by atoms with van der Waals surface area (Å²) in [6, 6.07) is 6.25. The molecule has 0 amide bonds. The van der Waals surface area contributed by atoms with Gasteiger partial charge < -0.3 is 14.8 Å². The lowest BCUT2D eigenvalue weighted by Crippen LogP contribution is -2.38. The van der Waals surface area contributed by atoms with Crippen LogP contribution in [0.5, 0.6) is 5.75 Å². The lowest BCUT2D eigenvalue weighted by molar-refractivity contribution is 0.0374. The molecular formula is C16H23BrN2O2. The van der Waals surface area contributed by atoms with Crippen molar-refractivity contribution < 1.29 is 9.47 Å². The minimum atomic E-state index is 0.276. The Morgan fingerprint density at radius 1 is 1.29 bits per heavy atom. The van der Waals surface area contributed by atoms with Crippen molar-refractivity contribution in [2.45, 2.75) is 18.9 Å². The Morgan fingerprint density at radius 3 is 3.00 bits per heavy atom. The van der Waals surface area contributed by atoms with Crippen LogP contribution in [0.2, 0.25) is 0 Å². The maximum atomic E-state index is 5.95. The van der Waals surface area contributed by atoms with Crippen LogP contribution >= 0.6 is 15.9 Å². The molecule has 2 aliphatic rings. The predicted octanol–water partition coefficient (Wildman–Crippen LogP) is 2.06. The maximum Gasteiger partial charge on any atom is 0.123 e. The fourth-order valence-corrected chi connectivity index (χ4v) is 3.33. The van der Waals surface area contributed by atoms with Crippen molar-refractivity contribution in [1.82, 2.24) is 10.2 Å². The largest absolute Gasteiger partial charge is 0.488 e. The SMILES string of the molecule is Brc1ccc2c(c1)CC(CNCCCN1CCOCC1)O2. The number of benzene rings is 1. The van der Waals surface area contributed by atoms with Crippen LogP contribution in [0.25, 0.3) is 0 Å². The first-order valence-corrected chi connectivity index (χ1v) is 8.56. The van der Waals surface area contributed by atoms with E-state index in [0.717, 1.165) is 62.6 Å². The van der Waals surface area contributed by atoms with Crippen molar-refractivity contribution in [3.63, 3.8) is 0 Å². The molecule has 4 nitrogen and oxygen atoms in total. The highest BCUT2D eigenvalue weighted by Gasteiger charge is 2.22. The van der Waals surface area contributed by atoms with Gasteiger partial charge in [-0.1, -0.05) is 15.9 Å². The molecule has 0 radical (unpaired) electrons. The summed E-state index contributed by atoms with van der Waals surface area (Å²) in [5.41, 5.74) is 1.31. The van der Waals surface area contributed by atoms with Gasteiger partial charge in [-0.05, 0) is 43.3 Å². The first kappa shape index (κ1) is 15.3. The first-order valence-electron chi connectivity index (χ1n) is 7.77. The van der Waals surface area contributed by atoms with E-state index in [1.165, 1.54) is 12.0 Å². The molecule has 1 aromatic carbocycles. The Balaban J connectivity index is 1.30. The van der Waals surface area contributed by atoms with E-state index in [9.17, 15) is 0 Å². The Morgan fingerprint density at radius 2 is 2.14 bits per heavy atom. The molecule has 2 aliphatic heterocycles. The van der Waals surface area contributed by atoms with Gasteiger partial charge in [0.1, 0.15) is 11.9 Å². The molecule has 116 valence electrons. The third-order valence-corrected chi connectivity index (χ3v) is 4.56. The molecular weight excluding hydrogens is 332 g/mol. The van der Waals surface area contributed by atoms with Gasteiger partial charge in [0.25, 0.3) is 0 Å². The number of hydrogen-bond acceptors (Lipinski definition) is 4. The van der Waals surface area contributed by atoms with Gasteiger partial charge in [-0.15, -0.1) is 0 Å². The van der Waals surface area contributed by atoms with Gasteiger partial charge in [-0.2, -0.15) is 0 Å². The van der Waals surface area contributed by atoms with E-state index in [0.29, 0.717) is 0 Å². The fourth-order valence-electron chi connectivity index (χ4n) is 2.92. The maximum absolute atomic E-state index is 5.95. The molecule has 1 atom stereocenters. The summed E-state index contributed by atoms with van der Waals surface area (Å²) in [6.07, 6.45) is 2.47. The summed E-state index contributed by atoms with van der Waals surface area (Å²) < 4.78 is 12.4. The number of rotatable bonds is 6. The van der Waals surface area contributed by atoms with Gasteiger partial charge in [-0.25, -0.2) is 0 Å². The summed E-state index contributed by atoms with van der Waals surface area (Å²) >= 11 is 3.51. The van der Waals surface area contributed by atoms with Crippen molar-refractivity contribution in [3.8, 4) is 5.75 Å². The minimum Gasteiger partial charge on any atom is -0.488 e. The van der Waals surface area contributed by atoms with E-state index in [4.69, 9.17) is 9.47 Å². The Hall–Kier alpha value is -0.620. The highest BCUT2D eigenvalue weighted by Crippen LogP contribution is 2.30. The van der Waals surface area contributed by atoms with Crippen molar-refractivity contribution in [3.05, 3.63) is 28.2 Å². The molecule has 0 bridgehead atoms. The predicted molar refractivity (Wildman–Crippen MR) is 87.0 cm³/mol. The summed E-state index contributed by atoms with van der Waals surface area (Å²) in [6.45, 7) is 7.07. The van der Waals surface area contributed by atoms with E-state index in [-0.39, 0.29) is 6.10 Å². The number of nitrogens with zero attached hydrogens (tertiary/aromatic N) is 1. The molecule has 0 saturated carbocycles. The zero-order valence-electron chi connectivity index (χ0n) is 12.3. The van der Waals surface area contributed by atoms with Gasteiger partial charge in [-0.3, -0.25) is 4.90 Å². The van der Waals surface area contributed by atoms with Gasteiger partial charge in [0.15, 0.2) is 0 Å². The van der Waals surface area contributed by atoms with E-state index in [1.807, 2.05) is 6.07 Å². The van der Waals surface area contributed by atoms with Crippen LogP contribution < -0.4 is 10.1 Å². The zero-order valence-corrected chi connectivity index (χ0v) is 13.9. The van der Waals surface area contributed by atoms with E-state index in [2.05, 4.69) is 38.3 Å². The van der Waals surface area contributed by atoms with Crippen molar-refractivity contribution >= 4 is 15.9 Å². The van der Waals surface area contributed by atoms with Crippen LogP contribution in [0.3, 0.4) is 0 Å². The molecule has 21 heavy (non-hydrogen) atoms. The highest BCUT2D eigenvalue weighted by atomic mass is 79.9. The second-order valence-electron chi connectivity index (χ2n) is 5.71. The molecule has 3 rings (SSSR count). The second-order valence-corrected chi connectivity index (χ2v) is 6.62. The fraction of sp³-hybridized carbons (Fsp3) is 0.625. The van der Waals surface area contributed by atoms with Crippen molar-refractivity contribution in [2.24, 2.45) is 0 Å². The van der Waals surface area contributed by atoms with Gasteiger partial charge >= 0.3 is 0 Å². The lowest BCUT2D eigenvalue weighted by Gasteiger charge is -2.26. The Bertz CT molecular complexity index is 464. The Kier molecular flexibility index (Phi) is 5.52. The first-order chi connectivity index (χ1) is 10.3. The van der Waals surface area contributed by atoms with Crippen LogP contribution in [0.15, 0.2) is 22.7 Å². The number of morpholine rings is 1. The molecule has 0 aromatic heterocycles. The number of nitrogens with one attached hydrogen (secondary N) is 1. The van der Waals surface area contributed by atoms with E-state index >= 15 is 0 Å². The van der Waals surface area contributed by atoms with Crippen LogP contribution in [-0.4, -0.2) is 56.9 Å². The molecule has 5 heteroatoms. The summed E-state index contributed by atoms with van der Waals surface area (Å²) in [5, 5.41) is 3.52. The molecule has 1 fully saturated rings. The summed E-state index contributed by atoms with van der Waals surface area (Å²) in [5.74, 6) is 1.04. The highest BCUT2D eigenvalue weighted by molar-refractivity contribution is 9.10. The molecule has 1 N–H and O–H groups in total. The third-order valence-electron chi connectivity index (χ3n) is 4.07. The van der Waals surface area contributed by atoms with Crippen LogP contribution in [0.1, 0.15) is 12.0 Å².